The molecule has 17 heavy (non-hydrogen) atoms. The number of rotatable bonds is 7. The molecule has 0 saturated heterocycles. The lowest BCUT2D eigenvalue weighted by Gasteiger charge is -2.18. The third kappa shape index (κ3) is 5.91. The standard InChI is InChI=1S/C13H22N2O.ClH/c1-4-16-13-8-6-5-7-12(13)11-15(3)10-9-14-2;/h5-8,14H,4,9-11H2,1-3H3;1H. The zero-order valence-electron chi connectivity index (χ0n) is 10.9. The number of hydrogen-bond donors (Lipinski definition) is 1. The van der Waals surface area contributed by atoms with Crippen LogP contribution in [0.1, 0.15) is 12.5 Å². The molecule has 1 aromatic carbocycles. The lowest BCUT2D eigenvalue weighted by Crippen LogP contribution is -2.27. The second kappa shape index (κ2) is 9.28. The quantitative estimate of drug-likeness (QED) is 0.811. The van der Waals surface area contributed by atoms with Gasteiger partial charge < -0.3 is 15.0 Å². The van der Waals surface area contributed by atoms with Crippen LogP contribution in [0.25, 0.3) is 0 Å². The van der Waals surface area contributed by atoms with Gasteiger partial charge in [0.1, 0.15) is 5.75 Å². The van der Waals surface area contributed by atoms with Gasteiger partial charge in [-0.1, -0.05) is 18.2 Å². The largest absolute Gasteiger partial charge is 0.494 e. The molecular weight excluding hydrogens is 236 g/mol. The van der Waals surface area contributed by atoms with E-state index in [4.69, 9.17) is 4.74 Å². The summed E-state index contributed by atoms with van der Waals surface area (Å²) in [6.45, 7) is 5.71. The predicted molar refractivity (Wildman–Crippen MR) is 75.1 cm³/mol. The number of halogens is 1. The third-order valence-electron chi connectivity index (χ3n) is 2.46. The minimum atomic E-state index is 0. The van der Waals surface area contributed by atoms with Crippen molar-refractivity contribution in [3.8, 4) is 5.75 Å². The van der Waals surface area contributed by atoms with Crippen molar-refractivity contribution in [3.05, 3.63) is 29.8 Å². The van der Waals surface area contributed by atoms with Crippen molar-refractivity contribution in [3.63, 3.8) is 0 Å². The van der Waals surface area contributed by atoms with E-state index in [2.05, 4.69) is 29.4 Å². The Hall–Kier alpha value is -0.770. The lowest BCUT2D eigenvalue weighted by atomic mass is 10.2. The number of para-hydroxylation sites is 1. The van der Waals surface area contributed by atoms with Crippen LogP contribution < -0.4 is 10.1 Å². The summed E-state index contributed by atoms with van der Waals surface area (Å²) in [6, 6.07) is 8.23. The first-order chi connectivity index (χ1) is 7.77. The maximum absolute atomic E-state index is 5.60. The molecule has 98 valence electrons. The summed E-state index contributed by atoms with van der Waals surface area (Å²) >= 11 is 0. The van der Waals surface area contributed by atoms with E-state index < -0.39 is 0 Å². The van der Waals surface area contributed by atoms with E-state index in [9.17, 15) is 0 Å². The fourth-order valence-electron chi connectivity index (χ4n) is 1.60. The molecule has 0 heterocycles. The van der Waals surface area contributed by atoms with E-state index in [-0.39, 0.29) is 12.4 Å². The maximum atomic E-state index is 5.60. The molecule has 0 saturated carbocycles. The Labute approximate surface area is 111 Å². The normalized spacial score (nSPS) is 10.1. The molecule has 0 bridgehead atoms. The fraction of sp³-hybridized carbons (Fsp3) is 0.538. The molecule has 0 atom stereocenters. The number of nitrogens with zero attached hydrogens (tertiary/aromatic N) is 1. The molecule has 0 spiro atoms. The zero-order chi connectivity index (χ0) is 11.8. The van der Waals surface area contributed by atoms with Crippen LogP contribution in [0, 0.1) is 0 Å². The SMILES string of the molecule is CCOc1ccccc1CN(C)CCNC.Cl. The summed E-state index contributed by atoms with van der Waals surface area (Å²) in [5.41, 5.74) is 1.25. The smallest absolute Gasteiger partial charge is 0.123 e. The maximum Gasteiger partial charge on any atom is 0.123 e. The highest BCUT2D eigenvalue weighted by Gasteiger charge is 2.05. The first kappa shape index (κ1) is 16.2. The van der Waals surface area contributed by atoms with Crippen LogP contribution in [0.3, 0.4) is 0 Å². The summed E-state index contributed by atoms with van der Waals surface area (Å²) in [5.74, 6) is 1.00. The van der Waals surface area contributed by atoms with Gasteiger partial charge in [0.05, 0.1) is 6.61 Å². The van der Waals surface area contributed by atoms with Crippen LogP contribution >= 0.6 is 12.4 Å². The van der Waals surface area contributed by atoms with E-state index in [1.54, 1.807) is 0 Å². The summed E-state index contributed by atoms with van der Waals surface area (Å²) < 4.78 is 5.60. The van der Waals surface area contributed by atoms with Gasteiger partial charge in [0, 0.05) is 25.2 Å². The highest BCUT2D eigenvalue weighted by atomic mass is 35.5. The van der Waals surface area contributed by atoms with Crippen molar-refractivity contribution in [1.82, 2.24) is 10.2 Å². The van der Waals surface area contributed by atoms with Crippen LogP contribution in [-0.4, -0.2) is 38.7 Å². The van der Waals surface area contributed by atoms with Crippen molar-refractivity contribution in [2.24, 2.45) is 0 Å². The second-order valence-electron chi connectivity index (χ2n) is 3.88. The molecule has 0 radical (unpaired) electrons. The van der Waals surface area contributed by atoms with Crippen LogP contribution in [0.4, 0.5) is 0 Å². The molecule has 0 amide bonds. The van der Waals surface area contributed by atoms with E-state index in [1.165, 1.54) is 5.56 Å². The number of ether oxygens (including phenoxy) is 1. The molecule has 1 rings (SSSR count). The monoisotopic (exact) mass is 258 g/mol. The van der Waals surface area contributed by atoms with Crippen molar-refractivity contribution < 1.29 is 4.74 Å². The van der Waals surface area contributed by atoms with Crippen LogP contribution in [-0.2, 0) is 6.54 Å². The van der Waals surface area contributed by atoms with Crippen molar-refractivity contribution >= 4 is 12.4 Å². The van der Waals surface area contributed by atoms with Gasteiger partial charge in [-0.3, -0.25) is 0 Å². The van der Waals surface area contributed by atoms with Gasteiger partial charge in [0.2, 0.25) is 0 Å². The predicted octanol–water partition coefficient (Wildman–Crippen LogP) is 2.16. The average molecular weight is 259 g/mol. The Morgan fingerprint density at radius 1 is 1.29 bits per heavy atom. The highest BCUT2D eigenvalue weighted by Crippen LogP contribution is 2.19. The van der Waals surface area contributed by atoms with E-state index >= 15 is 0 Å². The average Bonchev–Trinajstić information content (AvgIpc) is 2.29. The van der Waals surface area contributed by atoms with E-state index in [1.807, 2.05) is 26.1 Å². The van der Waals surface area contributed by atoms with Gasteiger partial charge in [-0.2, -0.15) is 0 Å². The lowest BCUT2D eigenvalue weighted by molar-refractivity contribution is 0.304. The molecule has 3 nitrogen and oxygen atoms in total. The molecule has 0 aliphatic heterocycles. The number of hydrogen-bond acceptors (Lipinski definition) is 3. The second-order valence-corrected chi connectivity index (χ2v) is 3.88. The molecule has 1 N–H and O–H groups in total. The zero-order valence-corrected chi connectivity index (χ0v) is 11.7. The van der Waals surface area contributed by atoms with Gasteiger partial charge in [-0.25, -0.2) is 0 Å². The first-order valence-corrected chi connectivity index (χ1v) is 5.81. The Balaban J connectivity index is 0.00000256. The summed E-state index contributed by atoms with van der Waals surface area (Å²) in [4.78, 5) is 2.29. The van der Waals surface area contributed by atoms with Gasteiger partial charge in [0.15, 0.2) is 0 Å². The minimum absolute atomic E-state index is 0. The van der Waals surface area contributed by atoms with E-state index in [0.717, 1.165) is 32.0 Å². The Kier molecular flexibility index (Phi) is 8.86. The molecule has 0 unspecified atom stereocenters. The van der Waals surface area contributed by atoms with Gasteiger partial charge >= 0.3 is 0 Å². The molecule has 0 fully saturated rings. The summed E-state index contributed by atoms with van der Waals surface area (Å²) in [6.07, 6.45) is 0. The molecular formula is C13H23ClN2O. The molecule has 0 aromatic heterocycles. The van der Waals surface area contributed by atoms with Gasteiger partial charge in [-0.15, -0.1) is 12.4 Å². The van der Waals surface area contributed by atoms with Crippen molar-refractivity contribution in [1.29, 1.82) is 0 Å². The highest BCUT2D eigenvalue weighted by molar-refractivity contribution is 5.85. The molecule has 0 aliphatic rings. The number of likely N-dealkylation sites (N-methyl/N-ethyl adjacent to an activating group) is 2. The Morgan fingerprint density at radius 2 is 2.00 bits per heavy atom. The van der Waals surface area contributed by atoms with Crippen LogP contribution in [0.15, 0.2) is 24.3 Å². The van der Waals surface area contributed by atoms with E-state index in [0.29, 0.717) is 0 Å². The summed E-state index contributed by atoms with van der Waals surface area (Å²) in [5, 5.41) is 3.15. The fourth-order valence-corrected chi connectivity index (χ4v) is 1.60. The number of benzene rings is 1. The summed E-state index contributed by atoms with van der Waals surface area (Å²) in [7, 11) is 4.10. The van der Waals surface area contributed by atoms with Crippen molar-refractivity contribution in [2.45, 2.75) is 13.5 Å². The van der Waals surface area contributed by atoms with Gasteiger partial charge in [-0.05, 0) is 27.1 Å². The van der Waals surface area contributed by atoms with Gasteiger partial charge in [0.25, 0.3) is 0 Å². The number of nitrogens with one attached hydrogen (secondary N) is 1. The molecule has 0 aliphatic carbocycles. The Bertz CT molecular complexity index is 307. The van der Waals surface area contributed by atoms with Crippen LogP contribution in [0.5, 0.6) is 5.75 Å². The molecule has 4 heteroatoms. The topological polar surface area (TPSA) is 24.5 Å². The minimum Gasteiger partial charge on any atom is -0.494 e. The first-order valence-electron chi connectivity index (χ1n) is 5.81. The molecule has 1 aromatic rings. The Morgan fingerprint density at radius 3 is 2.65 bits per heavy atom. The van der Waals surface area contributed by atoms with Crippen LogP contribution in [0.2, 0.25) is 0 Å². The third-order valence-corrected chi connectivity index (χ3v) is 2.46. The van der Waals surface area contributed by atoms with Crippen molar-refractivity contribution in [2.75, 3.05) is 33.8 Å².